The minimum atomic E-state index is -0.754. The smallest absolute Gasteiger partial charge is 0.124 e. The van der Waals surface area contributed by atoms with Gasteiger partial charge in [0.05, 0.1) is 13.2 Å². The zero-order valence-electron chi connectivity index (χ0n) is 11.3. The second-order valence-electron chi connectivity index (χ2n) is 5.31. The first-order valence-corrected chi connectivity index (χ1v) is 6.74. The van der Waals surface area contributed by atoms with Gasteiger partial charge in [-0.2, -0.15) is 0 Å². The van der Waals surface area contributed by atoms with E-state index in [0.717, 1.165) is 18.4 Å². The highest BCUT2D eigenvalue weighted by atomic mass is 19.1. The lowest BCUT2D eigenvalue weighted by molar-refractivity contribution is 0.129. The molecule has 1 atom stereocenters. The second kappa shape index (κ2) is 4.91. The fraction of sp³-hybridized carbons (Fsp3) is 0.294. The molecule has 1 fully saturated rings. The van der Waals surface area contributed by atoms with Gasteiger partial charge in [-0.15, -0.1) is 0 Å². The minimum Gasteiger partial charge on any atom is -0.496 e. The summed E-state index contributed by atoms with van der Waals surface area (Å²) in [6.45, 7) is 0. The Bertz CT molecular complexity index is 606. The molecule has 0 aliphatic heterocycles. The Kier molecular flexibility index (Phi) is 3.22. The molecule has 20 heavy (non-hydrogen) atoms. The lowest BCUT2D eigenvalue weighted by Gasteiger charge is -2.24. The van der Waals surface area contributed by atoms with Crippen LogP contribution < -0.4 is 4.74 Å². The molecule has 3 rings (SSSR count). The molecule has 1 aliphatic carbocycles. The maximum Gasteiger partial charge on any atom is 0.124 e. The summed E-state index contributed by atoms with van der Waals surface area (Å²) in [5, 5.41) is 10.8. The first kappa shape index (κ1) is 13.1. The maximum absolute atomic E-state index is 13.5. The lowest BCUT2D eigenvalue weighted by Crippen LogP contribution is -2.19. The molecule has 2 aromatic carbocycles. The highest BCUT2D eigenvalue weighted by Gasteiger charge is 2.51. The van der Waals surface area contributed by atoms with Gasteiger partial charge >= 0.3 is 0 Å². The van der Waals surface area contributed by atoms with Crippen LogP contribution in [0.2, 0.25) is 0 Å². The largest absolute Gasteiger partial charge is 0.496 e. The van der Waals surface area contributed by atoms with Gasteiger partial charge in [0, 0.05) is 11.0 Å². The van der Waals surface area contributed by atoms with E-state index in [9.17, 15) is 9.50 Å². The fourth-order valence-corrected chi connectivity index (χ4v) is 2.84. The van der Waals surface area contributed by atoms with E-state index >= 15 is 0 Å². The van der Waals surface area contributed by atoms with Crippen molar-refractivity contribution >= 4 is 0 Å². The van der Waals surface area contributed by atoms with Crippen molar-refractivity contribution in [1.29, 1.82) is 0 Å². The van der Waals surface area contributed by atoms with Gasteiger partial charge in [0.25, 0.3) is 0 Å². The van der Waals surface area contributed by atoms with Crippen LogP contribution in [0.5, 0.6) is 5.75 Å². The Morgan fingerprint density at radius 2 is 1.85 bits per heavy atom. The molecule has 2 aromatic rings. The zero-order valence-corrected chi connectivity index (χ0v) is 11.3. The first-order chi connectivity index (χ1) is 9.67. The molecule has 3 heteroatoms. The molecule has 0 heterocycles. The third kappa shape index (κ3) is 2.08. The van der Waals surface area contributed by atoms with Crippen LogP contribution in [0.3, 0.4) is 0 Å². The number of halogens is 1. The van der Waals surface area contributed by atoms with E-state index in [0.29, 0.717) is 11.3 Å². The summed E-state index contributed by atoms with van der Waals surface area (Å²) >= 11 is 0. The van der Waals surface area contributed by atoms with Crippen LogP contribution in [0.25, 0.3) is 0 Å². The second-order valence-corrected chi connectivity index (χ2v) is 5.31. The van der Waals surface area contributed by atoms with E-state index in [1.54, 1.807) is 6.07 Å². The number of ether oxygens (including phenoxy) is 1. The van der Waals surface area contributed by atoms with E-state index in [4.69, 9.17) is 4.74 Å². The van der Waals surface area contributed by atoms with E-state index in [1.165, 1.54) is 19.2 Å². The number of hydrogen-bond donors (Lipinski definition) is 1. The third-order valence-corrected chi connectivity index (χ3v) is 4.15. The summed E-state index contributed by atoms with van der Waals surface area (Å²) in [4.78, 5) is 0. The quantitative estimate of drug-likeness (QED) is 0.921. The number of benzene rings is 2. The van der Waals surface area contributed by atoms with Gasteiger partial charge in [0.1, 0.15) is 11.6 Å². The SMILES string of the molecule is COc1ccc(F)cc1C(O)C1(c2ccccc2)CC1. The number of aliphatic hydroxyl groups excluding tert-OH is 1. The Balaban J connectivity index is 2.01. The Morgan fingerprint density at radius 3 is 2.45 bits per heavy atom. The van der Waals surface area contributed by atoms with Crippen molar-refractivity contribution in [3.05, 3.63) is 65.5 Å². The number of methoxy groups -OCH3 is 1. The molecule has 1 aliphatic rings. The van der Waals surface area contributed by atoms with Crippen LogP contribution in [0.15, 0.2) is 48.5 Å². The van der Waals surface area contributed by atoms with Crippen molar-refractivity contribution in [2.45, 2.75) is 24.4 Å². The van der Waals surface area contributed by atoms with Gasteiger partial charge in [-0.3, -0.25) is 0 Å². The van der Waals surface area contributed by atoms with Gasteiger partial charge in [-0.1, -0.05) is 30.3 Å². The summed E-state index contributed by atoms with van der Waals surface area (Å²) in [7, 11) is 1.53. The van der Waals surface area contributed by atoms with E-state index in [1.807, 2.05) is 30.3 Å². The summed E-state index contributed by atoms with van der Waals surface area (Å²) in [6, 6.07) is 14.2. The highest BCUT2D eigenvalue weighted by Crippen LogP contribution is 2.57. The topological polar surface area (TPSA) is 29.5 Å². The first-order valence-electron chi connectivity index (χ1n) is 6.74. The van der Waals surface area contributed by atoms with Crippen LogP contribution in [0.1, 0.15) is 30.1 Å². The average molecular weight is 272 g/mol. The molecular weight excluding hydrogens is 255 g/mol. The Labute approximate surface area is 117 Å². The lowest BCUT2D eigenvalue weighted by atomic mass is 9.85. The monoisotopic (exact) mass is 272 g/mol. The van der Waals surface area contributed by atoms with Crippen LogP contribution in [-0.4, -0.2) is 12.2 Å². The molecule has 2 nitrogen and oxygen atoms in total. The van der Waals surface area contributed by atoms with Crippen LogP contribution >= 0.6 is 0 Å². The molecule has 1 saturated carbocycles. The Hall–Kier alpha value is -1.87. The summed E-state index contributed by atoms with van der Waals surface area (Å²) < 4.78 is 18.7. The molecule has 1 N–H and O–H groups in total. The summed E-state index contributed by atoms with van der Waals surface area (Å²) in [5.41, 5.74) is 1.31. The van der Waals surface area contributed by atoms with E-state index < -0.39 is 6.10 Å². The minimum absolute atomic E-state index is 0.303. The molecule has 0 bridgehead atoms. The van der Waals surface area contributed by atoms with Crippen molar-refractivity contribution in [3.63, 3.8) is 0 Å². The van der Waals surface area contributed by atoms with Crippen molar-refractivity contribution in [2.24, 2.45) is 0 Å². The molecule has 1 unspecified atom stereocenters. The van der Waals surface area contributed by atoms with Gasteiger partial charge in [0.2, 0.25) is 0 Å². The van der Waals surface area contributed by atoms with Crippen molar-refractivity contribution in [1.82, 2.24) is 0 Å². The predicted octanol–water partition coefficient (Wildman–Crippen LogP) is 3.60. The number of rotatable bonds is 4. The molecule has 0 radical (unpaired) electrons. The highest BCUT2D eigenvalue weighted by molar-refractivity contribution is 5.43. The molecule has 0 spiro atoms. The average Bonchev–Trinajstić information content (AvgIpc) is 3.29. The van der Waals surface area contributed by atoms with Crippen molar-refractivity contribution in [3.8, 4) is 5.75 Å². The fourth-order valence-electron chi connectivity index (χ4n) is 2.84. The molecule has 0 aromatic heterocycles. The molecule has 0 amide bonds. The molecule has 0 saturated heterocycles. The van der Waals surface area contributed by atoms with Gasteiger partial charge in [-0.25, -0.2) is 4.39 Å². The number of aliphatic hydroxyl groups is 1. The molecular formula is C17H17FO2. The normalized spacial score (nSPS) is 17.6. The number of hydrogen-bond acceptors (Lipinski definition) is 2. The Morgan fingerprint density at radius 1 is 1.15 bits per heavy atom. The van der Waals surface area contributed by atoms with E-state index in [2.05, 4.69) is 0 Å². The van der Waals surface area contributed by atoms with Gasteiger partial charge in [-0.05, 0) is 36.6 Å². The van der Waals surface area contributed by atoms with Crippen LogP contribution in [-0.2, 0) is 5.41 Å². The standard InChI is InChI=1S/C17H17FO2/c1-20-15-8-7-13(18)11-14(15)16(19)17(9-10-17)12-5-3-2-4-6-12/h2-8,11,16,19H,9-10H2,1H3. The van der Waals surface area contributed by atoms with Crippen molar-refractivity contribution in [2.75, 3.05) is 7.11 Å². The third-order valence-electron chi connectivity index (χ3n) is 4.15. The van der Waals surface area contributed by atoms with E-state index in [-0.39, 0.29) is 11.2 Å². The predicted molar refractivity (Wildman–Crippen MR) is 75.3 cm³/mol. The van der Waals surface area contributed by atoms with Gasteiger partial charge in [0.15, 0.2) is 0 Å². The van der Waals surface area contributed by atoms with Gasteiger partial charge < -0.3 is 9.84 Å². The summed E-state index contributed by atoms with van der Waals surface area (Å²) in [6.07, 6.45) is 1.05. The zero-order chi connectivity index (χ0) is 14.2. The van der Waals surface area contributed by atoms with Crippen LogP contribution in [0.4, 0.5) is 4.39 Å². The maximum atomic E-state index is 13.5. The van der Waals surface area contributed by atoms with Crippen molar-refractivity contribution < 1.29 is 14.2 Å². The molecule has 104 valence electrons. The van der Waals surface area contributed by atoms with Crippen LogP contribution in [0, 0.1) is 5.82 Å². The summed E-state index contributed by atoms with van der Waals surface area (Å²) in [5.74, 6) is 0.171.